The maximum absolute atomic E-state index is 12.3. The van der Waals surface area contributed by atoms with Gasteiger partial charge in [-0.2, -0.15) is 0 Å². The molecule has 0 saturated heterocycles. The van der Waals surface area contributed by atoms with Gasteiger partial charge in [-0.25, -0.2) is 0 Å². The van der Waals surface area contributed by atoms with Gasteiger partial charge in [0.15, 0.2) is 0 Å². The average molecular weight is 315 g/mol. The number of hydrogen-bond acceptors (Lipinski definition) is 4. The van der Waals surface area contributed by atoms with Crippen LogP contribution in [0.5, 0.6) is 0 Å². The maximum atomic E-state index is 12.3. The molecule has 0 atom stereocenters. The second-order valence-electron chi connectivity index (χ2n) is 5.42. The number of amides is 2. The number of nitrogens with one attached hydrogen (secondary N) is 2. The molecule has 22 heavy (non-hydrogen) atoms. The predicted molar refractivity (Wildman–Crippen MR) is 85.8 cm³/mol. The molecule has 2 N–H and O–H groups in total. The standard InChI is InChI=1S/C16H17N3O2S/c1-10-8-13(19-15(20)12-2-3-12)22-14(10)16(21)18-9-11-4-6-17-7-5-11/h4-8,12H,2-3,9H2,1H3,(H,18,21)(H,19,20). The van der Waals surface area contributed by atoms with Crippen LogP contribution in [0.2, 0.25) is 0 Å². The third-order valence-corrected chi connectivity index (χ3v) is 4.67. The number of aryl methyl sites for hydroxylation is 1. The first-order valence-corrected chi connectivity index (χ1v) is 8.03. The van der Waals surface area contributed by atoms with Crippen molar-refractivity contribution in [1.29, 1.82) is 0 Å². The van der Waals surface area contributed by atoms with E-state index in [9.17, 15) is 9.59 Å². The Morgan fingerprint density at radius 1 is 1.32 bits per heavy atom. The van der Waals surface area contributed by atoms with Crippen LogP contribution in [0, 0.1) is 12.8 Å². The van der Waals surface area contributed by atoms with Crippen LogP contribution in [0.3, 0.4) is 0 Å². The Labute approximate surface area is 132 Å². The highest BCUT2D eigenvalue weighted by Crippen LogP contribution is 2.32. The summed E-state index contributed by atoms with van der Waals surface area (Å²) < 4.78 is 0. The Balaban J connectivity index is 1.62. The molecule has 0 unspecified atom stereocenters. The third-order valence-electron chi connectivity index (χ3n) is 3.52. The second-order valence-corrected chi connectivity index (χ2v) is 6.48. The van der Waals surface area contributed by atoms with Crippen molar-refractivity contribution >= 4 is 28.2 Å². The molecule has 5 nitrogen and oxygen atoms in total. The van der Waals surface area contributed by atoms with Gasteiger partial charge in [0.25, 0.3) is 5.91 Å². The fourth-order valence-corrected chi connectivity index (χ4v) is 3.09. The van der Waals surface area contributed by atoms with Crippen molar-refractivity contribution in [3.8, 4) is 0 Å². The summed E-state index contributed by atoms with van der Waals surface area (Å²) in [6.07, 6.45) is 5.33. The van der Waals surface area contributed by atoms with E-state index in [0.717, 1.165) is 29.0 Å². The molecule has 2 heterocycles. The molecule has 0 bridgehead atoms. The highest BCUT2D eigenvalue weighted by atomic mass is 32.1. The van der Waals surface area contributed by atoms with E-state index in [1.165, 1.54) is 11.3 Å². The number of anilines is 1. The van der Waals surface area contributed by atoms with E-state index >= 15 is 0 Å². The van der Waals surface area contributed by atoms with Gasteiger partial charge in [0.1, 0.15) is 0 Å². The van der Waals surface area contributed by atoms with Crippen LogP contribution in [0.25, 0.3) is 0 Å². The van der Waals surface area contributed by atoms with Gasteiger partial charge < -0.3 is 10.6 Å². The molecular weight excluding hydrogens is 298 g/mol. The number of nitrogens with zero attached hydrogens (tertiary/aromatic N) is 1. The Morgan fingerprint density at radius 3 is 2.73 bits per heavy atom. The van der Waals surface area contributed by atoms with Crippen LogP contribution in [0.15, 0.2) is 30.6 Å². The topological polar surface area (TPSA) is 71.1 Å². The lowest BCUT2D eigenvalue weighted by Crippen LogP contribution is -2.22. The summed E-state index contributed by atoms with van der Waals surface area (Å²) in [6, 6.07) is 5.58. The monoisotopic (exact) mass is 315 g/mol. The molecule has 1 saturated carbocycles. The van der Waals surface area contributed by atoms with Crippen LogP contribution in [0.1, 0.15) is 33.6 Å². The van der Waals surface area contributed by atoms with Crippen LogP contribution >= 0.6 is 11.3 Å². The van der Waals surface area contributed by atoms with Gasteiger partial charge >= 0.3 is 0 Å². The molecule has 0 aromatic carbocycles. The maximum Gasteiger partial charge on any atom is 0.261 e. The predicted octanol–water partition coefficient (Wildman–Crippen LogP) is 2.73. The number of rotatable bonds is 5. The number of carbonyl (C=O) groups is 2. The van der Waals surface area contributed by atoms with Crippen molar-refractivity contribution in [2.75, 3.05) is 5.32 Å². The van der Waals surface area contributed by atoms with Gasteiger partial charge in [0.2, 0.25) is 5.91 Å². The van der Waals surface area contributed by atoms with Crippen molar-refractivity contribution in [1.82, 2.24) is 10.3 Å². The van der Waals surface area contributed by atoms with Crippen LogP contribution in [-0.4, -0.2) is 16.8 Å². The molecule has 2 aromatic heterocycles. The van der Waals surface area contributed by atoms with Crippen molar-refractivity contribution < 1.29 is 9.59 Å². The number of aromatic nitrogens is 1. The molecule has 6 heteroatoms. The smallest absolute Gasteiger partial charge is 0.261 e. The molecule has 1 aliphatic rings. The fourth-order valence-electron chi connectivity index (χ4n) is 2.10. The Morgan fingerprint density at radius 2 is 2.05 bits per heavy atom. The number of carbonyl (C=O) groups excluding carboxylic acids is 2. The highest BCUT2D eigenvalue weighted by molar-refractivity contribution is 7.18. The summed E-state index contributed by atoms with van der Waals surface area (Å²) in [6.45, 7) is 2.34. The molecule has 3 rings (SSSR count). The highest BCUT2D eigenvalue weighted by Gasteiger charge is 2.30. The molecule has 0 aliphatic heterocycles. The molecule has 0 spiro atoms. The quantitative estimate of drug-likeness (QED) is 0.891. The van der Waals surface area contributed by atoms with E-state index in [0.29, 0.717) is 11.4 Å². The second kappa shape index (κ2) is 6.27. The van der Waals surface area contributed by atoms with Gasteiger partial charge in [0, 0.05) is 24.9 Å². The molecule has 1 aliphatic carbocycles. The zero-order valence-corrected chi connectivity index (χ0v) is 13.1. The lowest BCUT2D eigenvalue weighted by atomic mass is 10.2. The molecule has 2 amide bonds. The minimum Gasteiger partial charge on any atom is -0.347 e. The van der Waals surface area contributed by atoms with Crippen LogP contribution in [0.4, 0.5) is 5.00 Å². The third kappa shape index (κ3) is 3.51. The minimum absolute atomic E-state index is 0.0602. The van der Waals surface area contributed by atoms with E-state index in [-0.39, 0.29) is 17.7 Å². The normalized spacial score (nSPS) is 13.7. The van der Waals surface area contributed by atoms with Gasteiger partial charge in [-0.3, -0.25) is 14.6 Å². The fraction of sp³-hybridized carbons (Fsp3) is 0.312. The van der Waals surface area contributed by atoms with Crippen molar-refractivity contribution in [3.63, 3.8) is 0 Å². The summed E-state index contributed by atoms with van der Waals surface area (Å²) in [5.74, 6) is 0.0996. The Hall–Kier alpha value is -2.21. The van der Waals surface area contributed by atoms with E-state index in [2.05, 4.69) is 15.6 Å². The first-order chi connectivity index (χ1) is 10.6. The average Bonchev–Trinajstić information content (AvgIpc) is 3.30. The number of pyridine rings is 1. The van der Waals surface area contributed by atoms with E-state index in [1.807, 2.05) is 25.1 Å². The first kappa shape index (κ1) is 14.7. The van der Waals surface area contributed by atoms with Crippen molar-refractivity contribution in [2.24, 2.45) is 5.92 Å². The Bertz CT molecular complexity index is 693. The van der Waals surface area contributed by atoms with E-state index in [1.54, 1.807) is 12.4 Å². The lowest BCUT2D eigenvalue weighted by Gasteiger charge is -2.04. The minimum atomic E-state index is -0.119. The SMILES string of the molecule is Cc1cc(NC(=O)C2CC2)sc1C(=O)NCc1ccncc1. The zero-order valence-electron chi connectivity index (χ0n) is 12.3. The van der Waals surface area contributed by atoms with Crippen LogP contribution in [-0.2, 0) is 11.3 Å². The molecule has 114 valence electrons. The van der Waals surface area contributed by atoms with Gasteiger partial charge in [0.05, 0.1) is 9.88 Å². The molecular formula is C16H17N3O2S. The molecule has 1 fully saturated rings. The number of thiophene rings is 1. The summed E-state index contributed by atoms with van der Waals surface area (Å²) in [7, 11) is 0. The van der Waals surface area contributed by atoms with Gasteiger partial charge in [-0.1, -0.05) is 0 Å². The lowest BCUT2D eigenvalue weighted by molar-refractivity contribution is -0.117. The van der Waals surface area contributed by atoms with Gasteiger partial charge in [-0.15, -0.1) is 11.3 Å². The van der Waals surface area contributed by atoms with E-state index in [4.69, 9.17) is 0 Å². The largest absolute Gasteiger partial charge is 0.347 e. The Kier molecular flexibility index (Phi) is 4.20. The molecule has 2 aromatic rings. The summed E-state index contributed by atoms with van der Waals surface area (Å²) in [5.41, 5.74) is 1.88. The summed E-state index contributed by atoms with van der Waals surface area (Å²) in [5, 5.41) is 6.51. The van der Waals surface area contributed by atoms with Gasteiger partial charge in [-0.05, 0) is 49.1 Å². The molecule has 0 radical (unpaired) electrons. The van der Waals surface area contributed by atoms with E-state index < -0.39 is 0 Å². The van der Waals surface area contributed by atoms with Crippen molar-refractivity contribution in [2.45, 2.75) is 26.3 Å². The van der Waals surface area contributed by atoms with Crippen molar-refractivity contribution in [3.05, 3.63) is 46.6 Å². The summed E-state index contributed by atoms with van der Waals surface area (Å²) in [4.78, 5) is 28.6. The number of hydrogen-bond donors (Lipinski definition) is 2. The first-order valence-electron chi connectivity index (χ1n) is 7.22. The van der Waals surface area contributed by atoms with Crippen LogP contribution < -0.4 is 10.6 Å². The zero-order chi connectivity index (χ0) is 15.5. The summed E-state index contributed by atoms with van der Waals surface area (Å²) >= 11 is 1.32.